The van der Waals surface area contributed by atoms with Gasteiger partial charge in [-0.05, 0) is 50.8 Å². The Morgan fingerprint density at radius 2 is 1.85 bits per heavy atom. The predicted octanol–water partition coefficient (Wildman–Crippen LogP) is 4.66. The molecule has 0 spiro atoms. The standard InChI is InChI=1S/C27H33N3O3/c1-17-19-10-4-6-12-22(19)29-27-25(17)20-11-5-7-13-23(20)30(27)14-8-3-9-15-32-24-16-21(28)26(31)18(2)33-24/h4-7,10-13,18,21,24,26,31H,3,8-9,14-16,28H2,1-2H3/t18-,21-,24+,26+/m0/s1. The molecule has 0 aliphatic carbocycles. The Labute approximate surface area is 194 Å². The Kier molecular flexibility index (Phi) is 6.34. The summed E-state index contributed by atoms with van der Waals surface area (Å²) in [7, 11) is 0. The minimum Gasteiger partial charge on any atom is -0.389 e. The molecular formula is C27H33N3O3. The molecule has 0 bridgehead atoms. The van der Waals surface area contributed by atoms with Gasteiger partial charge in [-0.2, -0.15) is 0 Å². The van der Waals surface area contributed by atoms with Crippen molar-refractivity contribution in [3.05, 3.63) is 54.1 Å². The molecular weight excluding hydrogens is 414 g/mol. The van der Waals surface area contributed by atoms with Crippen molar-refractivity contribution >= 4 is 32.8 Å². The topological polar surface area (TPSA) is 82.5 Å². The number of aliphatic hydroxyl groups is 1. The summed E-state index contributed by atoms with van der Waals surface area (Å²) in [5.74, 6) is 0. The summed E-state index contributed by atoms with van der Waals surface area (Å²) in [6.45, 7) is 5.60. The number of rotatable bonds is 7. The van der Waals surface area contributed by atoms with E-state index in [-0.39, 0.29) is 18.4 Å². The number of unbranched alkanes of at least 4 members (excludes halogenated alkanes) is 2. The van der Waals surface area contributed by atoms with Crippen LogP contribution in [0.15, 0.2) is 48.5 Å². The third-order valence-electron chi connectivity index (χ3n) is 6.93. The van der Waals surface area contributed by atoms with Crippen LogP contribution in [0.5, 0.6) is 0 Å². The summed E-state index contributed by atoms with van der Waals surface area (Å²) in [4.78, 5) is 5.06. The van der Waals surface area contributed by atoms with Gasteiger partial charge in [0.25, 0.3) is 0 Å². The molecule has 4 atom stereocenters. The Balaban J connectivity index is 1.26. The van der Waals surface area contributed by atoms with Gasteiger partial charge in [0.1, 0.15) is 5.65 Å². The summed E-state index contributed by atoms with van der Waals surface area (Å²) < 4.78 is 14.0. The first kappa shape index (κ1) is 22.3. The van der Waals surface area contributed by atoms with Crippen molar-refractivity contribution < 1.29 is 14.6 Å². The molecule has 2 aromatic heterocycles. The highest BCUT2D eigenvalue weighted by Crippen LogP contribution is 2.34. The molecule has 174 valence electrons. The molecule has 5 rings (SSSR count). The third kappa shape index (κ3) is 4.24. The van der Waals surface area contributed by atoms with Gasteiger partial charge >= 0.3 is 0 Å². The molecule has 0 radical (unpaired) electrons. The number of ether oxygens (including phenoxy) is 2. The number of nitrogens with two attached hydrogens (primary N) is 1. The molecule has 2 aromatic carbocycles. The highest BCUT2D eigenvalue weighted by atomic mass is 16.7. The molecule has 6 heteroatoms. The second-order valence-electron chi connectivity index (χ2n) is 9.21. The maximum absolute atomic E-state index is 9.91. The Morgan fingerprint density at radius 1 is 1.09 bits per heavy atom. The van der Waals surface area contributed by atoms with Gasteiger partial charge in [0, 0.05) is 41.8 Å². The lowest BCUT2D eigenvalue weighted by Crippen LogP contribution is -2.51. The number of nitrogens with zero attached hydrogens (tertiary/aromatic N) is 2. The van der Waals surface area contributed by atoms with Crippen molar-refractivity contribution in [2.45, 2.75) is 70.6 Å². The van der Waals surface area contributed by atoms with Gasteiger partial charge in [-0.25, -0.2) is 4.98 Å². The third-order valence-corrected chi connectivity index (χ3v) is 6.93. The normalized spacial score (nSPS) is 23.6. The number of aliphatic hydroxyl groups excluding tert-OH is 1. The lowest BCUT2D eigenvalue weighted by atomic mass is 10.0. The number of pyridine rings is 1. The maximum Gasteiger partial charge on any atom is 0.159 e. The van der Waals surface area contributed by atoms with E-state index in [1.807, 2.05) is 6.92 Å². The average molecular weight is 448 g/mol. The van der Waals surface area contributed by atoms with E-state index >= 15 is 0 Å². The van der Waals surface area contributed by atoms with Crippen molar-refractivity contribution in [3.63, 3.8) is 0 Å². The lowest BCUT2D eigenvalue weighted by molar-refractivity contribution is -0.222. The average Bonchev–Trinajstić information content (AvgIpc) is 3.13. The van der Waals surface area contributed by atoms with E-state index in [0.29, 0.717) is 13.0 Å². The van der Waals surface area contributed by atoms with Crippen LogP contribution in [-0.4, -0.2) is 45.8 Å². The van der Waals surface area contributed by atoms with E-state index < -0.39 is 6.10 Å². The molecule has 0 unspecified atom stereocenters. The molecule has 1 saturated heterocycles. The molecule has 3 N–H and O–H groups in total. The van der Waals surface area contributed by atoms with Crippen LogP contribution < -0.4 is 5.73 Å². The first-order valence-corrected chi connectivity index (χ1v) is 12.0. The van der Waals surface area contributed by atoms with Crippen molar-refractivity contribution in [1.82, 2.24) is 9.55 Å². The largest absolute Gasteiger partial charge is 0.389 e. The quantitative estimate of drug-likeness (QED) is 0.403. The number of fused-ring (bicyclic) bond motifs is 4. The smallest absolute Gasteiger partial charge is 0.159 e. The first-order valence-electron chi connectivity index (χ1n) is 12.0. The number of benzene rings is 2. The first-order chi connectivity index (χ1) is 16.0. The van der Waals surface area contributed by atoms with Crippen LogP contribution in [0.2, 0.25) is 0 Å². The van der Waals surface area contributed by atoms with Crippen molar-refractivity contribution in [2.24, 2.45) is 5.73 Å². The summed E-state index contributed by atoms with van der Waals surface area (Å²) in [5.41, 5.74) is 10.6. The van der Waals surface area contributed by atoms with E-state index in [2.05, 4.69) is 60.0 Å². The van der Waals surface area contributed by atoms with Gasteiger partial charge in [0.2, 0.25) is 0 Å². The van der Waals surface area contributed by atoms with E-state index in [4.69, 9.17) is 20.2 Å². The number of aryl methyl sites for hydroxylation is 2. The summed E-state index contributed by atoms with van der Waals surface area (Å²) in [6.07, 6.45) is 2.36. The van der Waals surface area contributed by atoms with E-state index in [1.165, 1.54) is 27.2 Å². The van der Waals surface area contributed by atoms with Crippen LogP contribution in [0.4, 0.5) is 0 Å². The fourth-order valence-electron chi connectivity index (χ4n) is 5.10. The molecule has 33 heavy (non-hydrogen) atoms. The lowest BCUT2D eigenvalue weighted by Gasteiger charge is -2.35. The highest BCUT2D eigenvalue weighted by molar-refractivity contribution is 6.12. The van der Waals surface area contributed by atoms with Crippen molar-refractivity contribution in [1.29, 1.82) is 0 Å². The highest BCUT2D eigenvalue weighted by Gasteiger charge is 2.33. The molecule has 1 aliphatic heterocycles. The van der Waals surface area contributed by atoms with Crippen molar-refractivity contribution in [2.75, 3.05) is 6.61 Å². The summed E-state index contributed by atoms with van der Waals surface area (Å²) >= 11 is 0. The maximum atomic E-state index is 9.91. The minimum absolute atomic E-state index is 0.291. The molecule has 3 heterocycles. The monoisotopic (exact) mass is 447 g/mol. The zero-order valence-electron chi connectivity index (χ0n) is 19.4. The van der Waals surface area contributed by atoms with Gasteiger partial charge in [-0.15, -0.1) is 0 Å². The second-order valence-corrected chi connectivity index (χ2v) is 9.21. The Hall–Kier alpha value is -2.51. The Morgan fingerprint density at radius 3 is 2.67 bits per heavy atom. The van der Waals surface area contributed by atoms with Gasteiger partial charge in [0.05, 0.1) is 23.2 Å². The Bertz CT molecular complexity index is 1260. The molecule has 4 aromatic rings. The molecule has 1 aliphatic rings. The fourth-order valence-corrected chi connectivity index (χ4v) is 5.10. The number of aromatic nitrogens is 2. The van der Waals surface area contributed by atoms with E-state index in [1.54, 1.807) is 0 Å². The molecule has 0 saturated carbocycles. The van der Waals surface area contributed by atoms with Gasteiger partial charge in [-0.1, -0.05) is 36.4 Å². The second kappa shape index (κ2) is 9.39. The van der Waals surface area contributed by atoms with Crippen LogP contribution in [0, 0.1) is 6.92 Å². The van der Waals surface area contributed by atoms with E-state index in [9.17, 15) is 5.11 Å². The zero-order valence-corrected chi connectivity index (χ0v) is 19.4. The van der Waals surface area contributed by atoms with Crippen LogP contribution in [-0.2, 0) is 16.0 Å². The van der Waals surface area contributed by atoms with Crippen molar-refractivity contribution in [3.8, 4) is 0 Å². The number of hydrogen-bond donors (Lipinski definition) is 2. The summed E-state index contributed by atoms with van der Waals surface area (Å²) in [6, 6.07) is 16.7. The van der Waals surface area contributed by atoms with Crippen LogP contribution in [0.25, 0.3) is 32.8 Å². The predicted molar refractivity (Wildman–Crippen MR) is 132 cm³/mol. The number of para-hydroxylation sites is 2. The molecule has 6 nitrogen and oxygen atoms in total. The fraction of sp³-hybridized carbons (Fsp3) is 0.444. The van der Waals surface area contributed by atoms with E-state index in [0.717, 1.165) is 37.0 Å². The molecule has 0 amide bonds. The zero-order chi connectivity index (χ0) is 22.9. The van der Waals surface area contributed by atoms with Gasteiger partial charge in [-0.3, -0.25) is 0 Å². The number of hydrogen-bond acceptors (Lipinski definition) is 5. The van der Waals surface area contributed by atoms with Gasteiger partial charge < -0.3 is 24.9 Å². The summed E-state index contributed by atoms with van der Waals surface area (Å²) in [5, 5.41) is 13.7. The SMILES string of the molecule is Cc1c2ccccc2nc2c1c1ccccc1n2CCCCCO[C@H]1C[C@H](N)[C@H](O)[C@H](C)O1. The molecule has 1 fully saturated rings. The minimum atomic E-state index is -0.620. The van der Waals surface area contributed by atoms with Crippen LogP contribution in [0.3, 0.4) is 0 Å². The van der Waals surface area contributed by atoms with Crippen LogP contribution >= 0.6 is 0 Å². The van der Waals surface area contributed by atoms with Crippen LogP contribution in [0.1, 0.15) is 38.2 Å². The van der Waals surface area contributed by atoms with Gasteiger partial charge in [0.15, 0.2) is 6.29 Å².